The third-order valence-electron chi connectivity index (χ3n) is 5.54. The van der Waals surface area contributed by atoms with Gasteiger partial charge in [0.1, 0.15) is 0 Å². The molecule has 3 rings (SSSR count). The number of nitrogens with zero attached hydrogens (tertiary/aromatic N) is 1. The minimum atomic E-state index is 0.220. The Morgan fingerprint density at radius 3 is 2.92 bits per heavy atom. The molecule has 4 heteroatoms. The highest BCUT2D eigenvalue weighted by Crippen LogP contribution is 2.22. The van der Waals surface area contributed by atoms with Crippen LogP contribution in [0, 0.1) is 5.92 Å². The molecule has 0 bridgehead atoms. The standard InChI is InChI=1S/C20H31N3O/c1-16(22-20(24)10-9-19-8-5-12-21-19)18-11-13-23(15-18)14-17-6-3-2-4-7-17/h2-4,6-7,16,18-19,21H,5,8-15H2,1H3,(H,22,24). The Balaban J connectivity index is 1.37. The highest BCUT2D eigenvalue weighted by molar-refractivity contribution is 5.76. The van der Waals surface area contributed by atoms with Gasteiger partial charge in [-0.05, 0) is 57.2 Å². The van der Waals surface area contributed by atoms with Crippen LogP contribution in [-0.4, -0.2) is 42.5 Å². The number of likely N-dealkylation sites (tertiary alicyclic amines) is 1. The second-order valence-corrected chi connectivity index (χ2v) is 7.46. The number of nitrogens with one attached hydrogen (secondary N) is 2. The van der Waals surface area contributed by atoms with E-state index in [1.807, 2.05) is 0 Å². The van der Waals surface area contributed by atoms with E-state index in [1.165, 1.54) is 24.8 Å². The van der Waals surface area contributed by atoms with Gasteiger partial charge in [-0.2, -0.15) is 0 Å². The van der Waals surface area contributed by atoms with Crippen LogP contribution in [0.5, 0.6) is 0 Å². The van der Waals surface area contributed by atoms with Crippen LogP contribution in [0.15, 0.2) is 30.3 Å². The van der Waals surface area contributed by atoms with Gasteiger partial charge in [0.15, 0.2) is 0 Å². The van der Waals surface area contributed by atoms with Crippen molar-refractivity contribution in [3.63, 3.8) is 0 Å². The first-order valence-electron chi connectivity index (χ1n) is 9.50. The molecule has 4 nitrogen and oxygen atoms in total. The van der Waals surface area contributed by atoms with Crippen LogP contribution in [0.3, 0.4) is 0 Å². The van der Waals surface area contributed by atoms with Gasteiger partial charge < -0.3 is 10.6 Å². The van der Waals surface area contributed by atoms with Gasteiger partial charge in [0.25, 0.3) is 0 Å². The normalized spacial score (nSPS) is 25.7. The van der Waals surface area contributed by atoms with E-state index in [-0.39, 0.29) is 11.9 Å². The van der Waals surface area contributed by atoms with Crippen molar-refractivity contribution in [3.8, 4) is 0 Å². The summed E-state index contributed by atoms with van der Waals surface area (Å²) in [5.74, 6) is 0.792. The number of carbonyl (C=O) groups is 1. The maximum absolute atomic E-state index is 12.2. The first kappa shape index (κ1) is 17.4. The van der Waals surface area contributed by atoms with Gasteiger partial charge in [-0.1, -0.05) is 30.3 Å². The number of amides is 1. The summed E-state index contributed by atoms with van der Waals surface area (Å²) in [7, 11) is 0. The van der Waals surface area contributed by atoms with Crippen LogP contribution in [0.1, 0.15) is 44.6 Å². The zero-order valence-electron chi connectivity index (χ0n) is 14.8. The highest BCUT2D eigenvalue weighted by atomic mass is 16.1. The molecule has 24 heavy (non-hydrogen) atoms. The molecule has 0 saturated carbocycles. The number of hydrogen-bond donors (Lipinski definition) is 2. The van der Waals surface area contributed by atoms with Gasteiger partial charge in [0, 0.05) is 31.6 Å². The maximum Gasteiger partial charge on any atom is 0.220 e. The molecule has 0 spiro atoms. The number of hydrogen-bond acceptors (Lipinski definition) is 3. The van der Waals surface area contributed by atoms with Crippen molar-refractivity contribution in [2.24, 2.45) is 5.92 Å². The summed E-state index contributed by atoms with van der Waals surface area (Å²) < 4.78 is 0. The van der Waals surface area contributed by atoms with E-state index in [1.54, 1.807) is 0 Å². The first-order chi connectivity index (χ1) is 11.7. The molecule has 2 N–H and O–H groups in total. The van der Waals surface area contributed by atoms with Crippen LogP contribution in [0.4, 0.5) is 0 Å². The van der Waals surface area contributed by atoms with Crippen molar-refractivity contribution in [2.45, 2.75) is 57.7 Å². The molecule has 2 aliphatic heterocycles. The van der Waals surface area contributed by atoms with Crippen molar-refractivity contribution >= 4 is 5.91 Å². The molecule has 1 aromatic rings. The van der Waals surface area contributed by atoms with Gasteiger partial charge in [0.2, 0.25) is 5.91 Å². The topological polar surface area (TPSA) is 44.4 Å². The number of benzene rings is 1. The molecular weight excluding hydrogens is 298 g/mol. The molecular formula is C20H31N3O. The van der Waals surface area contributed by atoms with Crippen LogP contribution < -0.4 is 10.6 Å². The Morgan fingerprint density at radius 1 is 1.33 bits per heavy atom. The molecule has 132 valence electrons. The van der Waals surface area contributed by atoms with E-state index in [4.69, 9.17) is 0 Å². The highest BCUT2D eigenvalue weighted by Gasteiger charge is 2.28. The van der Waals surface area contributed by atoms with Crippen molar-refractivity contribution < 1.29 is 4.79 Å². The molecule has 1 aromatic carbocycles. The lowest BCUT2D eigenvalue weighted by Crippen LogP contribution is -2.39. The summed E-state index contributed by atoms with van der Waals surface area (Å²) in [6.45, 7) is 6.52. The molecule has 3 unspecified atom stereocenters. The third kappa shape index (κ3) is 5.05. The molecule has 2 heterocycles. The SMILES string of the molecule is CC(NC(=O)CCC1CCCN1)C1CCN(Cc2ccccc2)C1. The van der Waals surface area contributed by atoms with Crippen molar-refractivity contribution in [1.29, 1.82) is 0 Å². The lowest BCUT2D eigenvalue weighted by Gasteiger charge is -2.22. The Kier molecular flexibility index (Phi) is 6.27. The summed E-state index contributed by atoms with van der Waals surface area (Å²) in [6, 6.07) is 11.5. The van der Waals surface area contributed by atoms with E-state index in [2.05, 4.69) is 52.8 Å². The zero-order valence-corrected chi connectivity index (χ0v) is 14.8. The quantitative estimate of drug-likeness (QED) is 0.808. The maximum atomic E-state index is 12.2. The third-order valence-corrected chi connectivity index (χ3v) is 5.54. The van der Waals surface area contributed by atoms with E-state index in [0.29, 0.717) is 18.4 Å². The Hall–Kier alpha value is -1.39. The Bertz CT molecular complexity index is 513. The van der Waals surface area contributed by atoms with Gasteiger partial charge in [-0.25, -0.2) is 0 Å². The van der Waals surface area contributed by atoms with Gasteiger partial charge >= 0.3 is 0 Å². The van der Waals surface area contributed by atoms with E-state index in [0.717, 1.165) is 32.6 Å². The van der Waals surface area contributed by atoms with Crippen molar-refractivity contribution in [2.75, 3.05) is 19.6 Å². The second kappa shape index (κ2) is 8.63. The fourth-order valence-electron chi connectivity index (χ4n) is 4.01. The van der Waals surface area contributed by atoms with E-state index >= 15 is 0 Å². The summed E-state index contributed by atoms with van der Waals surface area (Å²) in [6.07, 6.45) is 5.28. The summed E-state index contributed by atoms with van der Waals surface area (Å²) in [5.41, 5.74) is 1.37. The molecule has 2 saturated heterocycles. The largest absolute Gasteiger partial charge is 0.353 e. The summed E-state index contributed by atoms with van der Waals surface area (Å²) >= 11 is 0. The molecule has 0 aromatic heterocycles. The predicted octanol–water partition coefficient (Wildman–Crippen LogP) is 2.55. The van der Waals surface area contributed by atoms with Gasteiger partial charge in [0.05, 0.1) is 0 Å². The monoisotopic (exact) mass is 329 g/mol. The van der Waals surface area contributed by atoms with E-state index in [9.17, 15) is 4.79 Å². The number of carbonyl (C=O) groups excluding carboxylic acids is 1. The zero-order chi connectivity index (χ0) is 16.8. The van der Waals surface area contributed by atoms with Crippen LogP contribution in [-0.2, 0) is 11.3 Å². The molecule has 0 aliphatic carbocycles. The molecule has 1 amide bonds. The molecule has 2 fully saturated rings. The molecule has 3 atom stereocenters. The Labute approximate surface area is 146 Å². The van der Waals surface area contributed by atoms with Crippen molar-refractivity contribution in [1.82, 2.24) is 15.5 Å². The minimum Gasteiger partial charge on any atom is -0.353 e. The number of rotatable bonds is 7. The first-order valence-corrected chi connectivity index (χ1v) is 9.50. The van der Waals surface area contributed by atoms with Gasteiger partial charge in [-0.15, -0.1) is 0 Å². The summed E-state index contributed by atoms with van der Waals surface area (Å²) in [5, 5.41) is 6.70. The fraction of sp³-hybridized carbons (Fsp3) is 0.650. The molecule has 2 aliphatic rings. The predicted molar refractivity (Wildman–Crippen MR) is 97.7 cm³/mol. The second-order valence-electron chi connectivity index (χ2n) is 7.46. The summed E-state index contributed by atoms with van der Waals surface area (Å²) in [4.78, 5) is 14.7. The van der Waals surface area contributed by atoms with Crippen molar-refractivity contribution in [3.05, 3.63) is 35.9 Å². The Morgan fingerprint density at radius 2 is 2.17 bits per heavy atom. The molecule has 0 radical (unpaired) electrons. The lowest BCUT2D eigenvalue weighted by atomic mass is 10.00. The van der Waals surface area contributed by atoms with Crippen LogP contribution in [0.25, 0.3) is 0 Å². The van der Waals surface area contributed by atoms with Gasteiger partial charge in [-0.3, -0.25) is 9.69 Å². The minimum absolute atomic E-state index is 0.220. The average molecular weight is 329 g/mol. The van der Waals surface area contributed by atoms with Crippen LogP contribution in [0.2, 0.25) is 0 Å². The van der Waals surface area contributed by atoms with Crippen LogP contribution >= 0.6 is 0 Å². The smallest absolute Gasteiger partial charge is 0.220 e. The van der Waals surface area contributed by atoms with E-state index < -0.39 is 0 Å². The average Bonchev–Trinajstić information content (AvgIpc) is 3.25. The fourth-order valence-corrected chi connectivity index (χ4v) is 4.01. The lowest BCUT2D eigenvalue weighted by molar-refractivity contribution is -0.122.